The van der Waals surface area contributed by atoms with Crippen LogP contribution in [-0.4, -0.2) is 31.6 Å². The zero-order valence-corrected chi connectivity index (χ0v) is 11.5. The maximum Gasteiger partial charge on any atom is 0.412 e. The molecule has 0 spiro atoms. The van der Waals surface area contributed by atoms with Gasteiger partial charge in [0.25, 0.3) is 0 Å². The van der Waals surface area contributed by atoms with E-state index in [2.05, 4.69) is 15.5 Å². The maximum atomic E-state index is 11.7. The number of hydrogen-bond donors (Lipinski definition) is 2. The van der Waals surface area contributed by atoms with Gasteiger partial charge in [0.05, 0.1) is 11.4 Å². The molecule has 7 heteroatoms. The third-order valence-corrected chi connectivity index (χ3v) is 2.33. The molecule has 0 unspecified atom stereocenters. The summed E-state index contributed by atoms with van der Waals surface area (Å²) in [5, 5.41) is 19.7. The Labute approximate surface area is 116 Å². The molecule has 2 aromatic rings. The molecule has 0 bridgehead atoms. The van der Waals surface area contributed by atoms with Gasteiger partial charge >= 0.3 is 6.09 Å². The van der Waals surface area contributed by atoms with E-state index in [1.54, 1.807) is 37.5 Å². The van der Waals surface area contributed by atoms with Gasteiger partial charge in [-0.1, -0.05) is 0 Å². The predicted molar refractivity (Wildman–Crippen MR) is 72.9 cm³/mol. The normalized spacial score (nSPS) is 11.2. The second kappa shape index (κ2) is 5.20. The Morgan fingerprint density at radius 1 is 1.30 bits per heavy atom. The molecule has 0 aliphatic rings. The van der Waals surface area contributed by atoms with Gasteiger partial charge < -0.3 is 9.84 Å². The fourth-order valence-corrected chi connectivity index (χ4v) is 1.53. The monoisotopic (exact) mass is 276 g/mol. The van der Waals surface area contributed by atoms with Gasteiger partial charge in [-0.25, -0.2) is 4.79 Å². The highest BCUT2D eigenvalue weighted by Crippen LogP contribution is 2.26. The number of phenolic OH excluding ortho intramolecular Hbond substituents is 1. The van der Waals surface area contributed by atoms with E-state index >= 15 is 0 Å². The fraction of sp³-hybridized carbons (Fsp3) is 0.308. The fourth-order valence-electron chi connectivity index (χ4n) is 1.53. The Kier molecular flexibility index (Phi) is 3.60. The van der Waals surface area contributed by atoms with E-state index in [4.69, 9.17) is 4.74 Å². The number of phenols is 1. The van der Waals surface area contributed by atoms with Gasteiger partial charge in [0.15, 0.2) is 0 Å². The lowest BCUT2D eigenvalue weighted by Gasteiger charge is -2.20. The topological polar surface area (TPSA) is 89.3 Å². The standard InChI is InChI=1S/C13H16N4O3/c1-13(2,3)20-12(19)16-10-6-9(4-5-11(10)18)17-7-14-15-8-17/h4-8,18H,1-3H3,(H,16,19). The first kappa shape index (κ1) is 13.9. The lowest BCUT2D eigenvalue weighted by molar-refractivity contribution is 0.0635. The van der Waals surface area contributed by atoms with Crippen LogP contribution in [0.3, 0.4) is 0 Å². The third kappa shape index (κ3) is 3.47. The summed E-state index contributed by atoms with van der Waals surface area (Å²) in [6.45, 7) is 5.29. The van der Waals surface area contributed by atoms with Crippen LogP contribution in [-0.2, 0) is 4.74 Å². The average molecular weight is 276 g/mol. The van der Waals surface area contributed by atoms with E-state index < -0.39 is 11.7 Å². The number of amides is 1. The van der Waals surface area contributed by atoms with Crippen molar-refractivity contribution >= 4 is 11.8 Å². The number of anilines is 1. The highest BCUT2D eigenvalue weighted by atomic mass is 16.6. The molecule has 7 nitrogen and oxygen atoms in total. The van der Waals surface area contributed by atoms with Crippen LogP contribution in [0.1, 0.15) is 20.8 Å². The van der Waals surface area contributed by atoms with E-state index in [1.807, 2.05) is 0 Å². The number of hydrogen-bond acceptors (Lipinski definition) is 5. The summed E-state index contributed by atoms with van der Waals surface area (Å²) in [7, 11) is 0. The van der Waals surface area contributed by atoms with Crippen LogP contribution in [0.15, 0.2) is 30.9 Å². The predicted octanol–water partition coefficient (Wildman–Crippen LogP) is 2.32. The van der Waals surface area contributed by atoms with Crippen LogP contribution >= 0.6 is 0 Å². The van der Waals surface area contributed by atoms with Gasteiger partial charge in [-0.3, -0.25) is 9.88 Å². The van der Waals surface area contributed by atoms with Crippen molar-refractivity contribution in [1.82, 2.24) is 14.8 Å². The molecular formula is C13H16N4O3. The number of aromatic nitrogens is 3. The number of nitrogens with one attached hydrogen (secondary N) is 1. The van der Waals surface area contributed by atoms with Crippen LogP contribution in [0.5, 0.6) is 5.75 Å². The van der Waals surface area contributed by atoms with E-state index in [9.17, 15) is 9.90 Å². The Morgan fingerprint density at radius 3 is 2.55 bits per heavy atom. The van der Waals surface area contributed by atoms with Crippen LogP contribution in [0.4, 0.5) is 10.5 Å². The maximum absolute atomic E-state index is 11.7. The molecule has 106 valence electrons. The first-order valence-electron chi connectivity index (χ1n) is 6.03. The number of rotatable bonds is 2. The molecule has 20 heavy (non-hydrogen) atoms. The second-order valence-electron chi connectivity index (χ2n) is 5.20. The molecule has 1 aromatic carbocycles. The Bertz CT molecular complexity index is 603. The van der Waals surface area contributed by atoms with Crippen LogP contribution in [0.25, 0.3) is 5.69 Å². The van der Waals surface area contributed by atoms with E-state index in [0.29, 0.717) is 5.69 Å². The van der Waals surface area contributed by atoms with Gasteiger partial charge in [-0.05, 0) is 39.0 Å². The number of carbonyl (C=O) groups is 1. The quantitative estimate of drug-likeness (QED) is 0.822. The smallest absolute Gasteiger partial charge is 0.412 e. The molecule has 1 amide bonds. The van der Waals surface area contributed by atoms with Gasteiger partial charge in [0.2, 0.25) is 0 Å². The van der Waals surface area contributed by atoms with Gasteiger partial charge in [0, 0.05) is 0 Å². The zero-order chi connectivity index (χ0) is 14.8. The summed E-state index contributed by atoms with van der Waals surface area (Å²) in [6, 6.07) is 4.75. The highest BCUT2D eigenvalue weighted by molar-refractivity contribution is 5.87. The van der Waals surface area contributed by atoms with Gasteiger partial charge in [-0.2, -0.15) is 0 Å². The summed E-state index contributed by atoms with van der Waals surface area (Å²) in [5.41, 5.74) is 0.357. The minimum atomic E-state index is -0.631. The minimum absolute atomic E-state index is 0.0484. The second-order valence-corrected chi connectivity index (χ2v) is 5.20. The molecule has 1 heterocycles. The lowest BCUT2D eigenvalue weighted by atomic mass is 10.2. The largest absolute Gasteiger partial charge is 0.506 e. The molecule has 0 atom stereocenters. The van der Waals surface area contributed by atoms with Crippen LogP contribution in [0, 0.1) is 0 Å². The van der Waals surface area contributed by atoms with E-state index in [-0.39, 0.29) is 11.4 Å². The van der Waals surface area contributed by atoms with Crippen molar-refractivity contribution in [2.45, 2.75) is 26.4 Å². The summed E-state index contributed by atoms with van der Waals surface area (Å²) in [5.74, 6) is -0.0484. The number of benzene rings is 1. The zero-order valence-electron chi connectivity index (χ0n) is 11.5. The van der Waals surface area contributed by atoms with Crippen molar-refractivity contribution in [3.63, 3.8) is 0 Å². The molecular weight excluding hydrogens is 260 g/mol. The molecule has 0 fully saturated rings. The van der Waals surface area contributed by atoms with E-state index in [0.717, 1.165) is 0 Å². The molecule has 2 rings (SSSR count). The summed E-state index contributed by atoms with van der Waals surface area (Å²) >= 11 is 0. The van der Waals surface area contributed by atoms with Crippen LogP contribution in [0.2, 0.25) is 0 Å². The van der Waals surface area contributed by atoms with Crippen molar-refractivity contribution in [2.24, 2.45) is 0 Å². The molecule has 0 saturated carbocycles. The Morgan fingerprint density at radius 2 is 1.95 bits per heavy atom. The van der Waals surface area contributed by atoms with Crippen molar-refractivity contribution in [3.05, 3.63) is 30.9 Å². The number of aromatic hydroxyl groups is 1. The van der Waals surface area contributed by atoms with Gasteiger partial charge in [0.1, 0.15) is 24.0 Å². The number of ether oxygens (including phenoxy) is 1. The third-order valence-electron chi connectivity index (χ3n) is 2.33. The Balaban J connectivity index is 2.19. The van der Waals surface area contributed by atoms with Crippen molar-refractivity contribution in [3.8, 4) is 11.4 Å². The molecule has 2 N–H and O–H groups in total. The average Bonchev–Trinajstić information content (AvgIpc) is 2.83. The highest BCUT2D eigenvalue weighted by Gasteiger charge is 2.17. The van der Waals surface area contributed by atoms with Crippen LogP contribution < -0.4 is 5.32 Å². The molecule has 0 radical (unpaired) electrons. The molecule has 0 saturated heterocycles. The lowest BCUT2D eigenvalue weighted by Crippen LogP contribution is -2.27. The number of nitrogens with zero attached hydrogens (tertiary/aromatic N) is 3. The Hall–Kier alpha value is -2.57. The summed E-state index contributed by atoms with van der Waals surface area (Å²) < 4.78 is 6.79. The van der Waals surface area contributed by atoms with Gasteiger partial charge in [-0.15, -0.1) is 10.2 Å². The first-order chi connectivity index (χ1) is 9.35. The summed E-state index contributed by atoms with van der Waals surface area (Å²) in [4.78, 5) is 11.7. The molecule has 0 aliphatic carbocycles. The van der Waals surface area contributed by atoms with E-state index in [1.165, 1.54) is 18.7 Å². The number of carbonyl (C=O) groups excluding carboxylic acids is 1. The van der Waals surface area contributed by atoms with Crippen molar-refractivity contribution in [2.75, 3.05) is 5.32 Å². The summed E-state index contributed by atoms with van der Waals surface area (Å²) in [6.07, 6.45) is 2.40. The molecule has 1 aromatic heterocycles. The van der Waals surface area contributed by atoms with Crippen molar-refractivity contribution < 1.29 is 14.6 Å². The first-order valence-corrected chi connectivity index (χ1v) is 6.03. The minimum Gasteiger partial charge on any atom is -0.506 e. The molecule has 0 aliphatic heterocycles. The van der Waals surface area contributed by atoms with Crippen molar-refractivity contribution in [1.29, 1.82) is 0 Å². The SMILES string of the molecule is CC(C)(C)OC(=O)Nc1cc(-n2cnnc2)ccc1O.